The van der Waals surface area contributed by atoms with E-state index in [4.69, 9.17) is 4.74 Å². The number of nitrogens with one attached hydrogen (secondary N) is 1. The van der Waals surface area contributed by atoms with Gasteiger partial charge in [-0.3, -0.25) is 4.79 Å². The predicted molar refractivity (Wildman–Crippen MR) is 61.8 cm³/mol. The van der Waals surface area contributed by atoms with Gasteiger partial charge in [0.15, 0.2) is 5.54 Å². The largest absolute Gasteiger partial charge is 0.497 e. The van der Waals surface area contributed by atoms with E-state index in [-0.39, 0.29) is 0 Å². The van der Waals surface area contributed by atoms with Crippen LogP contribution in [-0.2, 0) is 15.1 Å². The minimum absolute atomic E-state index is 0.405. The fraction of sp³-hybridized carbons (Fsp3) is 0.333. The first-order valence-electron chi connectivity index (χ1n) is 5.07. The van der Waals surface area contributed by atoms with Crippen LogP contribution in [0, 0.1) is 0 Å². The molecular weight excluding hydrogens is 222 g/mol. The van der Waals surface area contributed by atoms with E-state index in [2.05, 4.69) is 5.32 Å². The molecule has 5 nitrogen and oxygen atoms in total. The quantitative estimate of drug-likeness (QED) is 0.823. The molecule has 0 fully saturated rings. The van der Waals surface area contributed by atoms with Crippen molar-refractivity contribution in [2.75, 3.05) is 7.11 Å². The van der Waals surface area contributed by atoms with Crippen LogP contribution in [0.5, 0.6) is 5.75 Å². The van der Waals surface area contributed by atoms with Crippen LogP contribution in [0.1, 0.15) is 19.4 Å². The van der Waals surface area contributed by atoms with Crippen molar-refractivity contribution in [2.24, 2.45) is 0 Å². The van der Waals surface area contributed by atoms with E-state index in [0.29, 0.717) is 11.3 Å². The second kappa shape index (κ2) is 4.86. The van der Waals surface area contributed by atoms with Crippen molar-refractivity contribution in [2.45, 2.75) is 19.4 Å². The third kappa shape index (κ3) is 2.75. The van der Waals surface area contributed by atoms with E-state index < -0.39 is 17.4 Å². The number of ether oxygens (including phenoxy) is 1. The van der Waals surface area contributed by atoms with Crippen molar-refractivity contribution in [3.8, 4) is 5.75 Å². The maximum Gasteiger partial charge on any atom is 0.333 e. The lowest BCUT2D eigenvalue weighted by molar-refractivity contribution is -0.147. The van der Waals surface area contributed by atoms with Crippen molar-refractivity contribution in [1.29, 1.82) is 0 Å². The van der Waals surface area contributed by atoms with Gasteiger partial charge >= 0.3 is 5.97 Å². The van der Waals surface area contributed by atoms with Crippen LogP contribution in [-0.4, -0.2) is 24.1 Å². The molecule has 1 unspecified atom stereocenters. The molecule has 0 bridgehead atoms. The Hall–Kier alpha value is -2.04. The Morgan fingerprint density at radius 3 is 2.53 bits per heavy atom. The number of amides is 1. The molecule has 1 atom stereocenters. The molecule has 17 heavy (non-hydrogen) atoms. The van der Waals surface area contributed by atoms with Gasteiger partial charge in [0, 0.05) is 6.92 Å². The van der Waals surface area contributed by atoms with Crippen LogP contribution >= 0.6 is 0 Å². The number of hydrogen-bond acceptors (Lipinski definition) is 3. The van der Waals surface area contributed by atoms with Gasteiger partial charge in [-0.05, 0) is 24.6 Å². The van der Waals surface area contributed by atoms with Gasteiger partial charge in [-0.2, -0.15) is 0 Å². The van der Waals surface area contributed by atoms with Gasteiger partial charge < -0.3 is 15.2 Å². The zero-order chi connectivity index (χ0) is 13.1. The van der Waals surface area contributed by atoms with Crippen molar-refractivity contribution < 1.29 is 19.4 Å². The highest BCUT2D eigenvalue weighted by atomic mass is 16.5. The summed E-state index contributed by atoms with van der Waals surface area (Å²) in [5.74, 6) is -0.987. The van der Waals surface area contributed by atoms with Gasteiger partial charge in [0.2, 0.25) is 5.91 Å². The van der Waals surface area contributed by atoms with Gasteiger partial charge in [0.1, 0.15) is 5.75 Å². The minimum atomic E-state index is -1.46. The second-order valence-electron chi connectivity index (χ2n) is 3.84. The maximum absolute atomic E-state index is 11.3. The van der Waals surface area contributed by atoms with Crippen LogP contribution in [0.25, 0.3) is 0 Å². The predicted octanol–water partition coefficient (Wildman–Crippen LogP) is 1.13. The van der Waals surface area contributed by atoms with Crippen LogP contribution < -0.4 is 10.1 Å². The monoisotopic (exact) mass is 237 g/mol. The Morgan fingerprint density at radius 1 is 1.41 bits per heavy atom. The highest BCUT2D eigenvalue weighted by Gasteiger charge is 2.36. The van der Waals surface area contributed by atoms with E-state index in [1.807, 2.05) is 0 Å². The molecule has 0 saturated carbocycles. The third-order valence-electron chi connectivity index (χ3n) is 2.50. The van der Waals surface area contributed by atoms with Gasteiger partial charge in [-0.25, -0.2) is 4.79 Å². The molecular formula is C12H15NO4. The van der Waals surface area contributed by atoms with Crippen molar-refractivity contribution >= 4 is 11.9 Å². The van der Waals surface area contributed by atoms with E-state index in [1.165, 1.54) is 21.0 Å². The summed E-state index contributed by atoms with van der Waals surface area (Å²) < 4.78 is 5.03. The van der Waals surface area contributed by atoms with Crippen LogP contribution in [0.4, 0.5) is 0 Å². The number of methoxy groups -OCH3 is 1. The lowest BCUT2D eigenvalue weighted by Gasteiger charge is -2.26. The molecule has 92 valence electrons. The molecule has 0 radical (unpaired) electrons. The molecule has 0 aliphatic heterocycles. The molecule has 0 heterocycles. The summed E-state index contributed by atoms with van der Waals surface area (Å²) in [6.07, 6.45) is 0. The summed E-state index contributed by atoms with van der Waals surface area (Å²) in [4.78, 5) is 22.4. The minimum Gasteiger partial charge on any atom is -0.497 e. The second-order valence-corrected chi connectivity index (χ2v) is 3.84. The number of aliphatic carboxylic acids is 1. The Kier molecular flexibility index (Phi) is 3.73. The first-order valence-corrected chi connectivity index (χ1v) is 5.07. The number of benzene rings is 1. The lowest BCUT2D eigenvalue weighted by Crippen LogP contribution is -2.48. The summed E-state index contributed by atoms with van der Waals surface area (Å²) in [6.45, 7) is 2.72. The van der Waals surface area contributed by atoms with E-state index in [1.54, 1.807) is 24.3 Å². The van der Waals surface area contributed by atoms with Crippen molar-refractivity contribution in [1.82, 2.24) is 5.32 Å². The summed E-state index contributed by atoms with van der Waals surface area (Å²) in [6, 6.07) is 6.60. The Morgan fingerprint density at radius 2 is 2.06 bits per heavy atom. The van der Waals surface area contributed by atoms with Crippen LogP contribution in [0.3, 0.4) is 0 Å². The molecule has 1 aromatic rings. The summed E-state index contributed by atoms with van der Waals surface area (Å²) in [5.41, 5.74) is -1.00. The Balaban J connectivity index is 3.21. The fourth-order valence-corrected chi connectivity index (χ4v) is 1.54. The summed E-state index contributed by atoms with van der Waals surface area (Å²) >= 11 is 0. The van der Waals surface area contributed by atoms with Crippen LogP contribution in [0.15, 0.2) is 24.3 Å². The first kappa shape index (κ1) is 13.0. The van der Waals surface area contributed by atoms with Gasteiger partial charge in [0.25, 0.3) is 0 Å². The van der Waals surface area contributed by atoms with Gasteiger partial charge in [-0.15, -0.1) is 0 Å². The SMILES string of the molecule is COc1cccc(C(C)(NC(C)=O)C(=O)O)c1. The van der Waals surface area contributed by atoms with Gasteiger partial charge in [-0.1, -0.05) is 12.1 Å². The zero-order valence-electron chi connectivity index (χ0n) is 9.98. The van der Waals surface area contributed by atoms with Crippen LogP contribution in [0.2, 0.25) is 0 Å². The number of carboxylic acids is 1. The zero-order valence-corrected chi connectivity index (χ0v) is 9.98. The summed E-state index contributed by atoms with van der Waals surface area (Å²) in [5, 5.41) is 11.7. The standard InChI is InChI=1S/C12H15NO4/c1-8(14)13-12(2,11(15)16)9-5-4-6-10(7-9)17-3/h4-7H,1-3H3,(H,13,14)(H,15,16). The molecule has 0 spiro atoms. The molecule has 1 amide bonds. The molecule has 0 saturated heterocycles. The third-order valence-corrected chi connectivity index (χ3v) is 2.50. The van der Waals surface area contributed by atoms with E-state index in [9.17, 15) is 14.7 Å². The molecule has 0 aromatic heterocycles. The number of carboxylic acid groups (broad SMARTS) is 1. The van der Waals surface area contributed by atoms with Crippen molar-refractivity contribution in [3.63, 3.8) is 0 Å². The average molecular weight is 237 g/mol. The van der Waals surface area contributed by atoms with Gasteiger partial charge in [0.05, 0.1) is 7.11 Å². The fourth-order valence-electron chi connectivity index (χ4n) is 1.54. The molecule has 2 N–H and O–H groups in total. The average Bonchev–Trinajstić information content (AvgIpc) is 2.28. The van der Waals surface area contributed by atoms with Crippen molar-refractivity contribution in [3.05, 3.63) is 29.8 Å². The highest BCUT2D eigenvalue weighted by molar-refractivity contribution is 5.86. The Labute approximate surface area is 99.4 Å². The molecule has 0 aliphatic carbocycles. The molecule has 1 rings (SSSR count). The smallest absolute Gasteiger partial charge is 0.333 e. The number of rotatable bonds is 4. The maximum atomic E-state index is 11.3. The lowest BCUT2D eigenvalue weighted by atomic mass is 9.92. The topological polar surface area (TPSA) is 75.6 Å². The molecule has 1 aromatic carbocycles. The summed E-state index contributed by atoms with van der Waals surface area (Å²) in [7, 11) is 1.50. The molecule has 0 aliphatic rings. The van der Waals surface area contributed by atoms with E-state index >= 15 is 0 Å². The first-order chi connectivity index (χ1) is 7.90. The normalized spacial score (nSPS) is 13.6. The Bertz CT molecular complexity index is 444. The number of hydrogen-bond donors (Lipinski definition) is 2. The molecule has 5 heteroatoms. The highest BCUT2D eigenvalue weighted by Crippen LogP contribution is 2.24. The van der Waals surface area contributed by atoms with E-state index in [0.717, 1.165) is 0 Å². The number of carbonyl (C=O) groups is 2. The number of carbonyl (C=O) groups excluding carboxylic acids is 1.